The van der Waals surface area contributed by atoms with E-state index in [4.69, 9.17) is 24.7 Å². The number of anilines is 2. The van der Waals surface area contributed by atoms with Gasteiger partial charge in [-0.1, -0.05) is 91.0 Å². The molecule has 10 rings (SSSR count). The predicted octanol–water partition coefficient (Wildman–Crippen LogP) is 9.22. The molecule has 0 spiro atoms. The Kier molecular flexibility index (Phi) is 16.9. The third-order valence-corrected chi connectivity index (χ3v) is 12.9. The monoisotopic (exact) mass is 966 g/mol. The van der Waals surface area contributed by atoms with Gasteiger partial charge < -0.3 is 39.8 Å². The number of ether oxygens (including phenoxy) is 4. The smallest absolute Gasteiger partial charge is 0.231 e. The van der Waals surface area contributed by atoms with Crippen molar-refractivity contribution in [3.8, 4) is 34.8 Å². The molecule has 0 atom stereocenters. The number of hydrogen-bond donors (Lipinski definition) is 2. The maximum absolute atomic E-state index is 12.8. The van der Waals surface area contributed by atoms with Crippen molar-refractivity contribution in [1.29, 1.82) is 0 Å². The molecular formula is C58H62N8O6. The minimum atomic E-state index is 0.223. The lowest BCUT2D eigenvalue weighted by molar-refractivity contribution is -0.133. The molecule has 5 heterocycles. The molecule has 3 aliphatic heterocycles. The maximum Gasteiger partial charge on any atom is 0.231 e. The minimum Gasteiger partial charge on any atom is -0.454 e. The molecule has 2 aromatic heterocycles. The molecule has 0 aliphatic carbocycles. The molecule has 2 amide bonds. The molecule has 0 radical (unpaired) electrons. The Labute approximate surface area is 421 Å². The number of pyridine rings is 2. The van der Waals surface area contributed by atoms with E-state index in [0.717, 1.165) is 106 Å². The summed E-state index contributed by atoms with van der Waals surface area (Å²) in [6.45, 7) is 9.66. The van der Waals surface area contributed by atoms with Crippen molar-refractivity contribution in [3.63, 3.8) is 0 Å². The standard InChI is InChI=1S/C33H34N4O4.C25H28N4O2/c38-33(37-18-16-36(17-19-37)23-26-4-2-1-3-5-26)15-9-25-6-11-29(12-7-25)41-32-14-10-28(22-35-32)34-21-27-8-13-30-31(20-27)40-24-39-30;26-22-9-12-24(27-18-22)31-23-10-6-20(7-11-23)8-13-25(30)29-16-14-28(15-17-29)19-21-4-2-1-3-5-21/h1-8,10-14,20,22,34H,9,15-19,21,23-24H2;1-7,9-12,18H,8,13-17,19,26H2. The van der Waals surface area contributed by atoms with Crippen molar-refractivity contribution in [1.82, 2.24) is 29.6 Å². The predicted molar refractivity (Wildman–Crippen MR) is 279 cm³/mol. The summed E-state index contributed by atoms with van der Waals surface area (Å²) in [7, 11) is 0. The highest BCUT2D eigenvalue weighted by Gasteiger charge is 2.22. The number of rotatable bonds is 17. The van der Waals surface area contributed by atoms with E-state index in [1.807, 2.05) is 101 Å². The van der Waals surface area contributed by atoms with Crippen molar-refractivity contribution in [2.24, 2.45) is 0 Å². The van der Waals surface area contributed by atoms with Crippen LogP contribution in [0.15, 0.2) is 164 Å². The van der Waals surface area contributed by atoms with E-state index >= 15 is 0 Å². The number of nitrogens with one attached hydrogen (secondary N) is 1. The minimum absolute atomic E-state index is 0.223. The summed E-state index contributed by atoms with van der Waals surface area (Å²) in [6, 6.07) is 49.9. The quantitative estimate of drug-likeness (QED) is 0.0897. The molecule has 0 bridgehead atoms. The Bertz CT molecular complexity index is 2790. The van der Waals surface area contributed by atoms with Crippen LogP contribution < -0.4 is 30.0 Å². The number of fused-ring (bicyclic) bond motifs is 1. The lowest BCUT2D eigenvalue weighted by Crippen LogP contribution is -2.48. The van der Waals surface area contributed by atoms with Gasteiger partial charge in [-0.15, -0.1) is 0 Å². The molecule has 14 heteroatoms. The zero-order valence-corrected chi connectivity index (χ0v) is 40.6. The molecule has 2 fully saturated rings. The van der Waals surface area contributed by atoms with Crippen LogP contribution in [0, 0.1) is 0 Å². The second-order valence-electron chi connectivity index (χ2n) is 18.1. The zero-order valence-electron chi connectivity index (χ0n) is 40.6. The first-order valence-corrected chi connectivity index (χ1v) is 24.8. The fraction of sp³-hybridized carbons (Fsp3) is 0.276. The lowest BCUT2D eigenvalue weighted by atomic mass is 10.1. The van der Waals surface area contributed by atoms with Gasteiger partial charge in [0.25, 0.3) is 0 Å². The average molecular weight is 967 g/mol. The summed E-state index contributed by atoms with van der Waals surface area (Å²) >= 11 is 0. The fourth-order valence-corrected chi connectivity index (χ4v) is 8.75. The van der Waals surface area contributed by atoms with E-state index in [0.29, 0.717) is 54.8 Å². The van der Waals surface area contributed by atoms with E-state index < -0.39 is 0 Å². The van der Waals surface area contributed by atoms with Gasteiger partial charge in [-0.05, 0) is 89.2 Å². The summed E-state index contributed by atoms with van der Waals surface area (Å²) in [5, 5.41) is 3.36. The molecule has 0 unspecified atom stereocenters. The highest BCUT2D eigenvalue weighted by Crippen LogP contribution is 2.33. The Morgan fingerprint density at radius 1 is 0.514 bits per heavy atom. The normalized spacial score (nSPS) is 14.5. The second-order valence-corrected chi connectivity index (χ2v) is 18.1. The van der Waals surface area contributed by atoms with Gasteiger partial charge in [0.2, 0.25) is 30.4 Å². The van der Waals surface area contributed by atoms with E-state index in [1.54, 1.807) is 24.5 Å². The molecule has 2 saturated heterocycles. The van der Waals surface area contributed by atoms with Crippen LogP contribution in [-0.2, 0) is 42.1 Å². The number of hydrogen-bond acceptors (Lipinski definition) is 12. The van der Waals surface area contributed by atoms with E-state index in [2.05, 4.69) is 73.6 Å². The Balaban J connectivity index is 0.000000185. The van der Waals surface area contributed by atoms with Crippen molar-refractivity contribution in [3.05, 3.63) is 192 Å². The highest BCUT2D eigenvalue weighted by molar-refractivity contribution is 5.77. The van der Waals surface area contributed by atoms with Crippen LogP contribution in [0.1, 0.15) is 40.7 Å². The first kappa shape index (κ1) is 49.1. The van der Waals surface area contributed by atoms with Crippen LogP contribution in [0.25, 0.3) is 0 Å². The molecule has 7 aromatic rings. The first-order valence-electron chi connectivity index (χ1n) is 24.8. The summed E-state index contributed by atoms with van der Waals surface area (Å²) in [6.07, 6.45) is 5.80. The Hall–Kier alpha value is -7.94. The summed E-state index contributed by atoms with van der Waals surface area (Å²) in [5.41, 5.74) is 13.1. The SMILES string of the molecule is Nc1ccc(Oc2ccc(CCC(=O)N3CCN(Cc4ccccc4)CC3)cc2)nc1.O=C(CCc1ccc(Oc2ccc(NCc3ccc4c(c3)OCO4)cn2)cc1)N1CCN(Cc2ccccc2)CC1. The third kappa shape index (κ3) is 14.6. The van der Waals surface area contributed by atoms with Crippen molar-refractivity contribution in [2.45, 2.75) is 45.3 Å². The zero-order chi connectivity index (χ0) is 49.3. The number of carbonyl (C=O) groups excluding carboxylic acids is 2. The van der Waals surface area contributed by atoms with E-state index in [-0.39, 0.29) is 18.6 Å². The van der Waals surface area contributed by atoms with Gasteiger partial charge in [-0.2, -0.15) is 0 Å². The topological polar surface area (TPSA) is 148 Å². The molecule has 3 N–H and O–H groups in total. The van der Waals surface area contributed by atoms with Gasteiger partial charge in [-0.25, -0.2) is 9.97 Å². The molecule has 0 saturated carbocycles. The van der Waals surface area contributed by atoms with Crippen LogP contribution in [0.3, 0.4) is 0 Å². The van der Waals surface area contributed by atoms with Crippen LogP contribution in [0.5, 0.6) is 34.8 Å². The highest BCUT2D eigenvalue weighted by atomic mass is 16.7. The summed E-state index contributed by atoms with van der Waals surface area (Å²) in [4.78, 5) is 42.8. The largest absolute Gasteiger partial charge is 0.454 e. The number of piperazine rings is 2. The lowest BCUT2D eigenvalue weighted by Gasteiger charge is -2.34. The van der Waals surface area contributed by atoms with E-state index in [9.17, 15) is 9.59 Å². The van der Waals surface area contributed by atoms with Crippen molar-refractivity contribution >= 4 is 23.2 Å². The molecule has 72 heavy (non-hydrogen) atoms. The molecular weight excluding hydrogens is 905 g/mol. The Morgan fingerprint density at radius 2 is 1.00 bits per heavy atom. The van der Waals surface area contributed by atoms with Crippen molar-refractivity contribution in [2.75, 3.05) is 70.2 Å². The van der Waals surface area contributed by atoms with Crippen LogP contribution in [-0.4, -0.2) is 101 Å². The fourth-order valence-electron chi connectivity index (χ4n) is 8.75. The summed E-state index contributed by atoms with van der Waals surface area (Å²) in [5.74, 6) is 4.45. The van der Waals surface area contributed by atoms with Gasteiger partial charge in [0.1, 0.15) is 11.5 Å². The first-order chi connectivity index (χ1) is 35.3. The van der Waals surface area contributed by atoms with Gasteiger partial charge in [0, 0.05) is 97.0 Å². The third-order valence-electron chi connectivity index (χ3n) is 12.9. The number of benzene rings is 5. The van der Waals surface area contributed by atoms with Gasteiger partial charge >= 0.3 is 0 Å². The van der Waals surface area contributed by atoms with E-state index in [1.165, 1.54) is 11.1 Å². The van der Waals surface area contributed by atoms with Crippen LogP contribution in [0.4, 0.5) is 11.4 Å². The number of amides is 2. The number of nitrogens with zero attached hydrogens (tertiary/aromatic N) is 6. The molecule has 14 nitrogen and oxygen atoms in total. The van der Waals surface area contributed by atoms with Gasteiger partial charge in [-0.3, -0.25) is 19.4 Å². The van der Waals surface area contributed by atoms with Crippen molar-refractivity contribution < 1.29 is 28.5 Å². The summed E-state index contributed by atoms with van der Waals surface area (Å²) < 4.78 is 22.4. The number of carbonyl (C=O) groups is 2. The Morgan fingerprint density at radius 3 is 1.49 bits per heavy atom. The van der Waals surface area contributed by atoms with Crippen LogP contribution >= 0.6 is 0 Å². The second kappa shape index (κ2) is 24.8. The number of nitrogens with two attached hydrogens (primary N) is 1. The van der Waals surface area contributed by atoms with Crippen LogP contribution in [0.2, 0.25) is 0 Å². The number of nitrogen functional groups attached to an aromatic ring is 1. The molecule has 370 valence electrons. The average Bonchev–Trinajstić information content (AvgIpc) is 3.90. The maximum atomic E-state index is 12.8. The molecule has 3 aliphatic rings. The van der Waals surface area contributed by atoms with Gasteiger partial charge in [0.15, 0.2) is 11.5 Å². The number of aryl methyl sites for hydroxylation is 2. The number of aromatic nitrogens is 2. The molecule has 5 aromatic carbocycles. The van der Waals surface area contributed by atoms with Gasteiger partial charge in [0.05, 0.1) is 23.8 Å².